The molecule has 0 aliphatic rings. The molecular weight excluding hydrogens is 300 g/mol. The highest BCUT2D eigenvalue weighted by Gasteiger charge is 2.05. The monoisotopic (exact) mass is 344 g/mol. The summed E-state index contributed by atoms with van der Waals surface area (Å²) in [5.74, 6) is 0. The van der Waals surface area contributed by atoms with Gasteiger partial charge in [0.1, 0.15) is 0 Å². The van der Waals surface area contributed by atoms with Gasteiger partial charge in [0, 0.05) is 44.4 Å². The molecule has 0 fully saturated rings. The number of nitrogens with one attached hydrogen (secondary N) is 3. The van der Waals surface area contributed by atoms with Gasteiger partial charge < -0.3 is 26.8 Å². The van der Waals surface area contributed by atoms with Crippen LogP contribution in [0.15, 0.2) is 0 Å². The van der Waals surface area contributed by atoms with Crippen LogP contribution in [0.4, 0.5) is 0 Å². The zero-order valence-corrected chi connectivity index (χ0v) is 16.4. The van der Waals surface area contributed by atoms with Gasteiger partial charge in [-0.15, -0.1) is 0 Å². The van der Waals surface area contributed by atoms with Gasteiger partial charge in [-0.1, -0.05) is 38.5 Å². The zero-order chi connectivity index (χ0) is 18.0. The number of nitrogens with two attached hydrogens (primary N) is 1. The van der Waals surface area contributed by atoms with Crippen molar-refractivity contribution in [1.29, 1.82) is 0 Å². The molecule has 6 N–H and O–H groups in total. The molecule has 0 amide bonds. The van der Waals surface area contributed by atoms with Crippen molar-refractivity contribution in [2.45, 2.75) is 90.3 Å². The lowest BCUT2D eigenvalue weighted by atomic mass is 10.1. The van der Waals surface area contributed by atoms with Gasteiger partial charge in [-0.05, 0) is 40.2 Å². The van der Waals surface area contributed by atoms with Gasteiger partial charge in [0.15, 0.2) is 0 Å². The molecular formula is C19H44N4O. The van der Waals surface area contributed by atoms with Gasteiger partial charge in [0.25, 0.3) is 0 Å². The van der Waals surface area contributed by atoms with Crippen molar-refractivity contribution >= 4 is 0 Å². The van der Waals surface area contributed by atoms with Crippen LogP contribution in [0, 0.1) is 0 Å². The van der Waals surface area contributed by atoms with Gasteiger partial charge in [0.05, 0.1) is 0 Å². The van der Waals surface area contributed by atoms with Crippen molar-refractivity contribution in [3.63, 3.8) is 0 Å². The summed E-state index contributed by atoms with van der Waals surface area (Å²) in [6.07, 6.45) is 10.0. The summed E-state index contributed by atoms with van der Waals surface area (Å²) in [6.45, 7) is 10.8. The Bertz CT molecular complexity index is 252. The van der Waals surface area contributed by atoms with Crippen molar-refractivity contribution in [3.05, 3.63) is 0 Å². The molecule has 0 saturated carbocycles. The van der Waals surface area contributed by atoms with Gasteiger partial charge in [-0.2, -0.15) is 0 Å². The third-order valence-corrected chi connectivity index (χ3v) is 4.27. The molecule has 0 aromatic heterocycles. The van der Waals surface area contributed by atoms with Crippen LogP contribution in [0.2, 0.25) is 0 Å². The minimum Gasteiger partial charge on any atom is -0.396 e. The molecule has 5 nitrogen and oxygen atoms in total. The van der Waals surface area contributed by atoms with E-state index < -0.39 is 0 Å². The minimum absolute atomic E-state index is 0.215. The highest BCUT2D eigenvalue weighted by molar-refractivity contribution is 4.71. The van der Waals surface area contributed by atoms with Crippen LogP contribution < -0.4 is 21.7 Å². The molecule has 3 atom stereocenters. The first kappa shape index (κ1) is 23.8. The number of aliphatic hydroxyl groups is 1. The SMILES string of the molecule is CC(N)CNC(C)CNC(C)CNCCCCCCCCCCO. The maximum Gasteiger partial charge on any atom is 0.0431 e. The lowest BCUT2D eigenvalue weighted by molar-refractivity contribution is 0.282. The maximum atomic E-state index is 8.71. The van der Waals surface area contributed by atoms with E-state index in [0.717, 1.165) is 32.6 Å². The topological polar surface area (TPSA) is 82.3 Å². The van der Waals surface area contributed by atoms with Crippen molar-refractivity contribution in [2.24, 2.45) is 5.73 Å². The van der Waals surface area contributed by atoms with Crippen molar-refractivity contribution in [2.75, 3.05) is 32.8 Å². The third kappa shape index (κ3) is 18.1. The lowest BCUT2D eigenvalue weighted by Gasteiger charge is -2.20. The molecule has 0 saturated heterocycles. The van der Waals surface area contributed by atoms with Gasteiger partial charge in [-0.3, -0.25) is 0 Å². The fourth-order valence-electron chi connectivity index (χ4n) is 2.65. The third-order valence-electron chi connectivity index (χ3n) is 4.27. The van der Waals surface area contributed by atoms with E-state index >= 15 is 0 Å². The molecule has 0 aromatic carbocycles. The lowest BCUT2D eigenvalue weighted by Crippen LogP contribution is -2.45. The largest absolute Gasteiger partial charge is 0.396 e. The Hall–Kier alpha value is -0.200. The average molecular weight is 345 g/mol. The van der Waals surface area contributed by atoms with E-state index in [1.54, 1.807) is 0 Å². The standard InChI is InChI=1S/C19H44N4O/c1-17(20)14-22-19(3)16-23-18(2)15-21-12-10-8-6-4-5-7-9-11-13-24/h17-19,21-24H,4-16,20H2,1-3H3. The van der Waals surface area contributed by atoms with Crippen LogP contribution in [-0.4, -0.2) is 56.0 Å². The van der Waals surface area contributed by atoms with Gasteiger partial charge in [-0.25, -0.2) is 0 Å². The summed E-state index contributed by atoms with van der Waals surface area (Å²) >= 11 is 0. The van der Waals surface area contributed by atoms with Gasteiger partial charge >= 0.3 is 0 Å². The minimum atomic E-state index is 0.215. The van der Waals surface area contributed by atoms with E-state index in [4.69, 9.17) is 10.8 Å². The molecule has 0 spiro atoms. The smallest absolute Gasteiger partial charge is 0.0431 e. The second-order valence-electron chi connectivity index (χ2n) is 7.35. The summed E-state index contributed by atoms with van der Waals surface area (Å²) in [6, 6.07) is 1.17. The summed E-state index contributed by atoms with van der Waals surface area (Å²) < 4.78 is 0. The molecule has 0 radical (unpaired) electrons. The summed E-state index contributed by atoms with van der Waals surface area (Å²) in [7, 11) is 0. The predicted molar refractivity (Wildman–Crippen MR) is 105 cm³/mol. The van der Waals surface area contributed by atoms with Crippen LogP contribution in [0.5, 0.6) is 0 Å². The van der Waals surface area contributed by atoms with Crippen LogP contribution in [0.1, 0.15) is 72.1 Å². The quantitative estimate of drug-likeness (QED) is 0.246. The van der Waals surface area contributed by atoms with Crippen molar-refractivity contribution in [1.82, 2.24) is 16.0 Å². The molecule has 24 heavy (non-hydrogen) atoms. The number of unbranched alkanes of at least 4 members (excludes halogenated alkanes) is 7. The molecule has 5 heteroatoms. The fraction of sp³-hybridized carbons (Fsp3) is 1.00. The summed E-state index contributed by atoms with van der Waals surface area (Å²) in [5.41, 5.74) is 5.75. The van der Waals surface area contributed by atoms with E-state index in [1.807, 2.05) is 6.92 Å². The molecule has 146 valence electrons. The highest BCUT2D eigenvalue weighted by atomic mass is 16.2. The second kappa shape index (κ2) is 17.6. The molecule has 3 unspecified atom stereocenters. The zero-order valence-electron chi connectivity index (χ0n) is 16.4. The second-order valence-corrected chi connectivity index (χ2v) is 7.35. The number of rotatable bonds is 18. The highest BCUT2D eigenvalue weighted by Crippen LogP contribution is 2.07. The van der Waals surface area contributed by atoms with Gasteiger partial charge in [0.2, 0.25) is 0 Å². The number of hydrogen-bond donors (Lipinski definition) is 5. The summed E-state index contributed by atoms with van der Waals surface area (Å²) in [4.78, 5) is 0. The molecule has 0 aliphatic carbocycles. The average Bonchev–Trinajstić information content (AvgIpc) is 2.56. The van der Waals surface area contributed by atoms with E-state index in [1.165, 1.54) is 44.9 Å². The van der Waals surface area contributed by atoms with E-state index in [2.05, 4.69) is 29.8 Å². The molecule has 0 bridgehead atoms. The number of hydrogen-bond acceptors (Lipinski definition) is 5. The molecule has 0 rings (SSSR count). The van der Waals surface area contributed by atoms with Crippen molar-refractivity contribution in [3.8, 4) is 0 Å². The van der Waals surface area contributed by atoms with Crippen LogP contribution in [0.3, 0.4) is 0 Å². The Morgan fingerprint density at radius 1 is 0.708 bits per heavy atom. The Morgan fingerprint density at radius 3 is 1.79 bits per heavy atom. The Balaban J connectivity index is 3.27. The first-order valence-corrected chi connectivity index (χ1v) is 10.1. The van der Waals surface area contributed by atoms with Crippen LogP contribution in [0.25, 0.3) is 0 Å². The van der Waals surface area contributed by atoms with E-state index in [0.29, 0.717) is 18.7 Å². The maximum absolute atomic E-state index is 8.71. The molecule has 0 heterocycles. The first-order chi connectivity index (χ1) is 11.6. The molecule has 0 aliphatic heterocycles. The van der Waals surface area contributed by atoms with Crippen LogP contribution in [-0.2, 0) is 0 Å². The fourth-order valence-corrected chi connectivity index (χ4v) is 2.65. The van der Waals surface area contributed by atoms with E-state index in [9.17, 15) is 0 Å². The van der Waals surface area contributed by atoms with Crippen LogP contribution >= 0.6 is 0 Å². The molecule has 0 aromatic rings. The summed E-state index contributed by atoms with van der Waals surface area (Å²) in [5, 5.41) is 19.2. The normalized spacial score (nSPS) is 15.4. The Kier molecular flexibility index (Phi) is 17.5. The van der Waals surface area contributed by atoms with E-state index in [-0.39, 0.29) is 6.04 Å². The first-order valence-electron chi connectivity index (χ1n) is 10.1. The predicted octanol–water partition coefficient (Wildman–Crippen LogP) is 1.99. The number of aliphatic hydroxyl groups excluding tert-OH is 1. The Labute approximate surface area is 150 Å². The Morgan fingerprint density at radius 2 is 1.21 bits per heavy atom. The van der Waals surface area contributed by atoms with Crippen molar-refractivity contribution < 1.29 is 5.11 Å².